The number of carbonyl (C=O) groups is 3. The molecule has 4 amide bonds. The van der Waals surface area contributed by atoms with Gasteiger partial charge in [-0.25, -0.2) is 9.78 Å². The molecule has 0 saturated carbocycles. The number of thiophene rings is 1. The number of benzene rings is 2. The molecule has 10 nitrogen and oxygen atoms in total. The molecule has 1 atom stereocenters. The number of pyridine rings is 1. The van der Waals surface area contributed by atoms with Gasteiger partial charge < -0.3 is 20.3 Å². The molecule has 0 aliphatic carbocycles. The Morgan fingerprint density at radius 1 is 1.00 bits per heavy atom. The van der Waals surface area contributed by atoms with Crippen LogP contribution in [0.4, 0.5) is 21.9 Å². The number of anilines is 3. The molecule has 0 bridgehead atoms. The van der Waals surface area contributed by atoms with Crippen molar-refractivity contribution >= 4 is 56.5 Å². The number of piperidine rings is 2. The number of aromatic nitrogens is 1. The lowest BCUT2D eigenvalue weighted by atomic mass is 10.0. The van der Waals surface area contributed by atoms with Crippen LogP contribution in [0.3, 0.4) is 0 Å². The fourth-order valence-electron chi connectivity index (χ4n) is 6.53. The summed E-state index contributed by atoms with van der Waals surface area (Å²) in [7, 11) is 0. The number of hydrogen-bond donors (Lipinski definition) is 2. The lowest BCUT2D eigenvalue weighted by molar-refractivity contribution is -0.134. The van der Waals surface area contributed by atoms with E-state index < -0.39 is 0 Å². The number of aryl methyl sites for hydroxylation is 1. The van der Waals surface area contributed by atoms with Gasteiger partial charge in [0.25, 0.3) is 5.91 Å². The van der Waals surface area contributed by atoms with Gasteiger partial charge in [-0.3, -0.25) is 19.4 Å². The summed E-state index contributed by atoms with van der Waals surface area (Å²) in [6.45, 7) is 5.53. The first-order valence-electron chi connectivity index (χ1n) is 15.6. The first kappa shape index (κ1) is 29.2. The van der Waals surface area contributed by atoms with Gasteiger partial charge in [0, 0.05) is 25.3 Å². The minimum atomic E-state index is -0.352. The zero-order chi connectivity index (χ0) is 30.9. The lowest BCUT2D eigenvalue weighted by Crippen LogP contribution is -2.52. The topological polar surface area (TPSA) is 107 Å². The molecule has 45 heavy (non-hydrogen) atoms. The largest absolute Gasteiger partial charge is 0.457 e. The van der Waals surface area contributed by atoms with Gasteiger partial charge >= 0.3 is 6.03 Å². The summed E-state index contributed by atoms with van der Waals surface area (Å²) < 4.78 is 5.99. The van der Waals surface area contributed by atoms with Crippen LogP contribution in [0.2, 0.25) is 0 Å². The molecule has 3 aliphatic heterocycles. The molecule has 5 heterocycles. The Hall–Kier alpha value is -4.48. The summed E-state index contributed by atoms with van der Waals surface area (Å²) in [5.74, 6) is 1.27. The highest BCUT2D eigenvalue weighted by Gasteiger charge is 2.34. The molecular formula is C34H36N6O4S. The molecule has 4 aromatic rings. The van der Waals surface area contributed by atoms with Crippen LogP contribution in [0.15, 0.2) is 60.8 Å². The summed E-state index contributed by atoms with van der Waals surface area (Å²) in [5.41, 5.74) is 2.71. The molecule has 232 valence electrons. The Balaban J connectivity index is 1.09. The quantitative estimate of drug-likeness (QED) is 0.250. The maximum absolute atomic E-state index is 13.7. The molecule has 2 saturated heterocycles. The molecule has 7 rings (SSSR count). The van der Waals surface area contributed by atoms with Crippen molar-refractivity contribution in [3.8, 4) is 11.5 Å². The molecule has 2 aromatic carbocycles. The van der Waals surface area contributed by atoms with E-state index in [2.05, 4.69) is 20.5 Å². The highest BCUT2D eigenvalue weighted by molar-refractivity contribution is 7.21. The van der Waals surface area contributed by atoms with E-state index in [4.69, 9.17) is 4.74 Å². The summed E-state index contributed by atoms with van der Waals surface area (Å²) in [5, 5.41) is 6.88. The number of para-hydroxylation sites is 1. The Bertz CT molecular complexity index is 1750. The number of urea groups is 1. The average molecular weight is 625 g/mol. The average Bonchev–Trinajstić information content (AvgIpc) is 3.42. The fraction of sp³-hybridized carbons (Fsp3) is 0.353. The zero-order valence-electron chi connectivity index (χ0n) is 25.3. The van der Waals surface area contributed by atoms with Gasteiger partial charge in [-0.1, -0.05) is 24.6 Å². The third-order valence-electron chi connectivity index (χ3n) is 8.76. The maximum Gasteiger partial charge on any atom is 0.331 e. The van der Waals surface area contributed by atoms with Crippen LogP contribution >= 0.6 is 11.3 Å². The predicted molar refractivity (Wildman–Crippen MR) is 176 cm³/mol. The van der Waals surface area contributed by atoms with Gasteiger partial charge in [0.2, 0.25) is 5.91 Å². The molecule has 2 aromatic heterocycles. The summed E-state index contributed by atoms with van der Waals surface area (Å²) in [6, 6.07) is 16.5. The van der Waals surface area contributed by atoms with E-state index in [0.29, 0.717) is 52.2 Å². The van der Waals surface area contributed by atoms with E-state index in [9.17, 15) is 14.4 Å². The minimum absolute atomic E-state index is 0.129. The summed E-state index contributed by atoms with van der Waals surface area (Å²) in [4.78, 5) is 51.7. The SMILES string of the molecule is Cc1cc(Oc2ccccc2)ccc1N1C(=O)Nc2c(C(=O)N[C@H]3CCCN(C(=O)CN4CCCCC4)C3)sc3nccc1c23. The number of ether oxygens (including phenoxy) is 1. The minimum Gasteiger partial charge on any atom is -0.457 e. The zero-order valence-corrected chi connectivity index (χ0v) is 26.1. The summed E-state index contributed by atoms with van der Waals surface area (Å²) in [6.07, 6.45) is 6.82. The third kappa shape index (κ3) is 5.97. The fourth-order valence-corrected chi connectivity index (χ4v) is 7.55. The highest BCUT2D eigenvalue weighted by atomic mass is 32.1. The number of amides is 4. The molecule has 3 aliphatic rings. The summed E-state index contributed by atoms with van der Waals surface area (Å²) >= 11 is 1.27. The standard InChI is InChI=1S/C34H36N6O4S/c1-22-19-25(44-24-10-4-2-5-11-24)12-13-26(22)40-27-14-15-35-33-29(27)30(37-34(40)43)31(45-33)32(42)36-23-9-8-18-39(20-23)28(41)21-38-16-6-3-7-17-38/h2,4-5,10-15,19,23H,3,6-9,16-18,20-21H2,1H3,(H,36,42)(H,37,43)/t23-/m0/s1. The molecule has 0 radical (unpaired) electrons. The van der Waals surface area contributed by atoms with Crippen LogP contribution in [0.1, 0.15) is 47.3 Å². The van der Waals surface area contributed by atoms with Crippen LogP contribution in [-0.4, -0.2) is 71.4 Å². The van der Waals surface area contributed by atoms with Gasteiger partial charge in [-0.05, 0) is 87.7 Å². The Kier molecular flexibility index (Phi) is 8.12. The Morgan fingerprint density at radius 2 is 1.82 bits per heavy atom. The van der Waals surface area contributed by atoms with E-state index >= 15 is 0 Å². The second kappa shape index (κ2) is 12.5. The van der Waals surface area contributed by atoms with E-state index in [0.717, 1.165) is 55.5 Å². The van der Waals surface area contributed by atoms with Crippen molar-refractivity contribution in [3.05, 3.63) is 71.2 Å². The molecule has 2 fully saturated rings. The van der Waals surface area contributed by atoms with Crippen molar-refractivity contribution in [2.24, 2.45) is 0 Å². The van der Waals surface area contributed by atoms with Crippen molar-refractivity contribution in [1.29, 1.82) is 0 Å². The van der Waals surface area contributed by atoms with Gasteiger partial charge in [-0.15, -0.1) is 11.3 Å². The van der Waals surface area contributed by atoms with Gasteiger partial charge in [0.05, 0.1) is 29.0 Å². The monoisotopic (exact) mass is 624 g/mol. The number of nitrogens with one attached hydrogen (secondary N) is 2. The smallest absolute Gasteiger partial charge is 0.331 e. The molecular weight excluding hydrogens is 588 g/mol. The van der Waals surface area contributed by atoms with Crippen LogP contribution in [0, 0.1) is 6.92 Å². The number of carbonyl (C=O) groups excluding carboxylic acids is 3. The Labute approximate surface area is 266 Å². The van der Waals surface area contributed by atoms with Crippen molar-refractivity contribution in [2.75, 3.05) is 42.9 Å². The van der Waals surface area contributed by atoms with E-state index in [1.165, 1.54) is 17.8 Å². The molecule has 0 spiro atoms. The second-order valence-corrected chi connectivity index (χ2v) is 12.9. The van der Waals surface area contributed by atoms with Crippen molar-refractivity contribution < 1.29 is 19.1 Å². The van der Waals surface area contributed by atoms with Gasteiger partial charge in [-0.2, -0.15) is 0 Å². The van der Waals surface area contributed by atoms with Gasteiger partial charge in [0.15, 0.2) is 0 Å². The van der Waals surface area contributed by atoms with Crippen molar-refractivity contribution in [3.63, 3.8) is 0 Å². The lowest BCUT2D eigenvalue weighted by Gasteiger charge is -2.35. The van der Waals surface area contributed by atoms with Crippen LogP contribution in [0.25, 0.3) is 10.2 Å². The van der Waals surface area contributed by atoms with Crippen LogP contribution in [0.5, 0.6) is 11.5 Å². The third-order valence-corrected chi connectivity index (χ3v) is 9.85. The number of likely N-dealkylation sites (tertiary alicyclic amines) is 2. The van der Waals surface area contributed by atoms with E-state index in [1.54, 1.807) is 17.2 Å². The van der Waals surface area contributed by atoms with Crippen LogP contribution in [-0.2, 0) is 4.79 Å². The molecule has 2 N–H and O–H groups in total. The molecule has 0 unspecified atom stereocenters. The van der Waals surface area contributed by atoms with Crippen molar-refractivity contribution in [1.82, 2.24) is 20.1 Å². The van der Waals surface area contributed by atoms with E-state index in [-0.39, 0.29) is 23.9 Å². The number of nitrogens with zero attached hydrogens (tertiary/aromatic N) is 4. The normalized spacial score (nSPS) is 18.5. The van der Waals surface area contributed by atoms with Gasteiger partial charge in [0.1, 0.15) is 21.2 Å². The van der Waals surface area contributed by atoms with Crippen LogP contribution < -0.4 is 20.3 Å². The number of hydrogen-bond acceptors (Lipinski definition) is 7. The second-order valence-electron chi connectivity index (χ2n) is 11.9. The Morgan fingerprint density at radius 3 is 2.62 bits per heavy atom. The van der Waals surface area contributed by atoms with E-state index in [1.807, 2.05) is 60.4 Å². The maximum atomic E-state index is 13.7. The molecule has 11 heteroatoms. The first-order valence-corrected chi connectivity index (χ1v) is 16.4. The van der Waals surface area contributed by atoms with Crippen molar-refractivity contribution in [2.45, 2.75) is 45.1 Å². The number of rotatable bonds is 7. The predicted octanol–water partition coefficient (Wildman–Crippen LogP) is 6.29. The highest BCUT2D eigenvalue weighted by Crippen LogP contribution is 2.46. The first-order chi connectivity index (χ1) is 21.9.